The van der Waals surface area contributed by atoms with E-state index < -0.39 is 5.60 Å². The first-order valence-electron chi connectivity index (χ1n) is 5.95. The summed E-state index contributed by atoms with van der Waals surface area (Å²) in [6, 6.07) is 8.12. The summed E-state index contributed by atoms with van der Waals surface area (Å²) in [5.74, 6) is 0.822. The summed E-state index contributed by atoms with van der Waals surface area (Å²) in [6.07, 6.45) is 3.57. The van der Waals surface area contributed by atoms with Gasteiger partial charge in [0.2, 0.25) is 0 Å². The molecule has 1 aromatic carbocycles. The molecular formula is C14H22O2. The van der Waals surface area contributed by atoms with Gasteiger partial charge in [-0.05, 0) is 44.4 Å². The van der Waals surface area contributed by atoms with Gasteiger partial charge in [0.1, 0.15) is 12.4 Å². The maximum absolute atomic E-state index is 9.52. The van der Waals surface area contributed by atoms with Crippen molar-refractivity contribution in [3.63, 3.8) is 0 Å². The van der Waals surface area contributed by atoms with Crippen LogP contribution in [0.15, 0.2) is 24.3 Å². The lowest BCUT2D eigenvalue weighted by Crippen LogP contribution is -2.27. The number of hydrogen-bond acceptors (Lipinski definition) is 2. The highest BCUT2D eigenvalue weighted by atomic mass is 16.5. The SMILES string of the molecule is CCCCc1ccc(OCC(C)(C)O)cc1. The number of hydrogen-bond donors (Lipinski definition) is 1. The van der Waals surface area contributed by atoms with Crippen molar-refractivity contribution < 1.29 is 9.84 Å². The van der Waals surface area contributed by atoms with Crippen LogP contribution < -0.4 is 4.74 Å². The Balaban J connectivity index is 2.45. The number of rotatable bonds is 6. The quantitative estimate of drug-likeness (QED) is 0.801. The van der Waals surface area contributed by atoms with Gasteiger partial charge >= 0.3 is 0 Å². The lowest BCUT2D eigenvalue weighted by Gasteiger charge is -2.17. The molecule has 2 heteroatoms. The zero-order chi connectivity index (χ0) is 12.0. The highest BCUT2D eigenvalue weighted by Crippen LogP contribution is 2.15. The summed E-state index contributed by atoms with van der Waals surface area (Å²) in [5.41, 5.74) is 0.568. The molecule has 0 saturated heterocycles. The fourth-order valence-corrected chi connectivity index (χ4v) is 1.39. The van der Waals surface area contributed by atoms with Gasteiger partial charge in [-0.25, -0.2) is 0 Å². The summed E-state index contributed by atoms with van der Waals surface area (Å²) in [4.78, 5) is 0. The van der Waals surface area contributed by atoms with E-state index in [1.54, 1.807) is 13.8 Å². The number of aryl methyl sites for hydroxylation is 1. The van der Waals surface area contributed by atoms with Crippen molar-refractivity contribution in [1.82, 2.24) is 0 Å². The van der Waals surface area contributed by atoms with E-state index in [-0.39, 0.29) is 0 Å². The number of ether oxygens (including phenoxy) is 1. The van der Waals surface area contributed by atoms with E-state index in [0.29, 0.717) is 6.61 Å². The molecule has 0 bridgehead atoms. The normalized spacial score (nSPS) is 11.5. The third-order valence-corrected chi connectivity index (χ3v) is 2.33. The first-order valence-corrected chi connectivity index (χ1v) is 5.95. The highest BCUT2D eigenvalue weighted by molar-refractivity contribution is 5.27. The van der Waals surface area contributed by atoms with Gasteiger partial charge in [-0.15, -0.1) is 0 Å². The minimum Gasteiger partial charge on any atom is -0.491 e. The zero-order valence-corrected chi connectivity index (χ0v) is 10.5. The Morgan fingerprint density at radius 1 is 1.19 bits per heavy atom. The van der Waals surface area contributed by atoms with Crippen molar-refractivity contribution >= 4 is 0 Å². The van der Waals surface area contributed by atoms with E-state index in [2.05, 4.69) is 19.1 Å². The second-order valence-corrected chi connectivity index (χ2v) is 4.85. The molecule has 0 aromatic heterocycles. The molecule has 0 heterocycles. The molecule has 1 aromatic rings. The topological polar surface area (TPSA) is 29.5 Å². The Morgan fingerprint density at radius 3 is 2.31 bits per heavy atom. The molecule has 0 aliphatic carbocycles. The summed E-state index contributed by atoms with van der Waals surface area (Å²) in [5, 5.41) is 9.52. The minimum absolute atomic E-state index is 0.321. The zero-order valence-electron chi connectivity index (χ0n) is 10.5. The van der Waals surface area contributed by atoms with Crippen molar-refractivity contribution in [1.29, 1.82) is 0 Å². The van der Waals surface area contributed by atoms with Gasteiger partial charge in [0.25, 0.3) is 0 Å². The van der Waals surface area contributed by atoms with Gasteiger partial charge in [-0.1, -0.05) is 25.5 Å². The van der Waals surface area contributed by atoms with Gasteiger partial charge in [0.05, 0.1) is 5.60 Å². The largest absolute Gasteiger partial charge is 0.491 e. The van der Waals surface area contributed by atoms with Gasteiger partial charge in [0, 0.05) is 0 Å². The average Bonchev–Trinajstić information content (AvgIpc) is 2.24. The molecule has 90 valence electrons. The second kappa shape index (κ2) is 5.90. The van der Waals surface area contributed by atoms with Gasteiger partial charge in [-0.2, -0.15) is 0 Å². The molecule has 0 saturated carbocycles. The van der Waals surface area contributed by atoms with Crippen molar-refractivity contribution in [3.8, 4) is 5.75 Å². The molecule has 1 rings (SSSR count). The number of aliphatic hydroxyl groups is 1. The van der Waals surface area contributed by atoms with Crippen LogP contribution in [0, 0.1) is 0 Å². The van der Waals surface area contributed by atoms with Crippen LogP contribution in [0.3, 0.4) is 0 Å². The van der Waals surface area contributed by atoms with Crippen LogP contribution in [-0.4, -0.2) is 17.3 Å². The maximum atomic E-state index is 9.52. The molecule has 1 N–H and O–H groups in total. The highest BCUT2D eigenvalue weighted by Gasteiger charge is 2.12. The number of benzene rings is 1. The molecule has 0 aliphatic rings. The molecule has 0 amide bonds. The van der Waals surface area contributed by atoms with Gasteiger partial charge in [0.15, 0.2) is 0 Å². The van der Waals surface area contributed by atoms with E-state index in [1.165, 1.54) is 18.4 Å². The van der Waals surface area contributed by atoms with Crippen molar-refractivity contribution in [3.05, 3.63) is 29.8 Å². The second-order valence-electron chi connectivity index (χ2n) is 4.85. The Bertz CT molecular complexity index is 296. The van der Waals surface area contributed by atoms with Crippen LogP contribution in [0.1, 0.15) is 39.2 Å². The molecule has 0 spiro atoms. The maximum Gasteiger partial charge on any atom is 0.119 e. The van der Waals surface area contributed by atoms with Crippen molar-refractivity contribution in [2.45, 2.75) is 45.6 Å². The van der Waals surface area contributed by atoms with Crippen LogP contribution in [0.5, 0.6) is 5.75 Å². The van der Waals surface area contributed by atoms with Crippen LogP contribution >= 0.6 is 0 Å². The fraction of sp³-hybridized carbons (Fsp3) is 0.571. The molecule has 16 heavy (non-hydrogen) atoms. The van der Waals surface area contributed by atoms with Gasteiger partial charge < -0.3 is 9.84 Å². The summed E-state index contributed by atoms with van der Waals surface area (Å²) in [6.45, 7) is 5.99. The summed E-state index contributed by atoms with van der Waals surface area (Å²) in [7, 11) is 0. The Labute approximate surface area is 98.3 Å². The molecule has 0 radical (unpaired) electrons. The van der Waals surface area contributed by atoms with E-state index >= 15 is 0 Å². The summed E-state index contributed by atoms with van der Waals surface area (Å²) < 4.78 is 5.48. The average molecular weight is 222 g/mol. The lowest BCUT2D eigenvalue weighted by atomic mass is 10.1. The fourth-order valence-electron chi connectivity index (χ4n) is 1.39. The van der Waals surface area contributed by atoms with Crippen molar-refractivity contribution in [2.75, 3.05) is 6.61 Å². The van der Waals surface area contributed by atoms with Crippen LogP contribution in [0.25, 0.3) is 0 Å². The Morgan fingerprint density at radius 2 is 1.81 bits per heavy atom. The lowest BCUT2D eigenvalue weighted by molar-refractivity contribution is 0.0285. The minimum atomic E-state index is -0.777. The third kappa shape index (κ3) is 5.17. The van der Waals surface area contributed by atoms with Gasteiger partial charge in [-0.3, -0.25) is 0 Å². The molecule has 0 fully saturated rings. The monoisotopic (exact) mass is 222 g/mol. The Kier molecular flexibility index (Phi) is 4.81. The molecule has 0 aliphatic heterocycles. The predicted octanol–water partition coefficient (Wildman–Crippen LogP) is 3.18. The molecule has 0 unspecified atom stereocenters. The summed E-state index contributed by atoms with van der Waals surface area (Å²) >= 11 is 0. The van der Waals surface area contributed by atoms with Crippen molar-refractivity contribution in [2.24, 2.45) is 0 Å². The number of unbranched alkanes of at least 4 members (excludes halogenated alkanes) is 1. The van der Waals surface area contributed by atoms with Crippen LogP contribution in [0.4, 0.5) is 0 Å². The van der Waals surface area contributed by atoms with E-state index in [0.717, 1.165) is 12.2 Å². The Hall–Kier alpha value is -1.02. The molecule has 2 nitrogen and oxygen atoms in total. The standard InChI is InChI=1S/C14H22O2/c1-4-5-6-12-7-9-13(10-8-12)16-11-14(2,3)15/h7-10,15H,4-6,11H2,1-3H3. The van der Waals surface area contributed by atoms with Crippen LogP contribution in [-0.2, 0) is 6.42 Å². The smallest absolute Gasteiger partial charge is 0.119 e. The van der Waals surface area contributed by atoms with E-state index in [9.17, 15) is 5.11 Å². The third-order valence-electron chi connectivity index (χ3n) is 2.33. The first kappa shape index (κ1) is 13.0. The van der Waals surface area contributed by atoms with E-state index in [4.69, 9.17) is 4.74 Å². The predicted molar refractivity (Wildman–Crippen MR) is 66.8 cm³/mol. The first-order chi connectivity index (χ1) is 7.51. The molecule has 0 atom stereocenters. The van der Waals surface area contributed by atoms with Crippen LogP contribution in [0.2, 0.25) is 0 Å². The molecular weight excluding hydrogens is 200 g/mol. The van der Waals surface area contributed by atoms with E-state index in [1.807, 2.05) is 12.1 Å².